The van der Waals surface area contributed by atoms with E-state index in [1.165, 1.54) is 12.1 Å². The van der Waals surface area contributed by atoms with Crippen LogP contribution in [0.5, 0.6) is 23.0 Å². The van der Waals surface area contributed by atoms with Gasteiger partial charge in [0, 0.05) is 18.2 Å². The predicted octanol–water partition coefficient (Wildman–Crippen LogP) is 4.97. The fourth-order valence-electron chi connectivity index (χ4n) is 3.81. The first-order valence-corrected chi connectivity index (χ1v) is 13.2. The number of benzene rings is 3. The van der Waals surface area contributed by atoms with Gasteiger partial charge in [-0.25, -0.2) is 8.42 Å². The summed E-state index contributed by atoms with van der Waals surface area (Å²) in [5.74, 6) is 2.49. The lowest BCUT2D eigenvalue weighted by atomic mass is 10.2. The Labute approximate surface area is 214 Å². The Hall–Kier alpha value is -4.18. The van der Waals surface area contributed by atoms with Crippen molar-refractivity contribution in [1.29, 1.82) is 0 Å². The lowest BCUT2D eigenvalue weighted by Crippen LogP contribution is -2.16. The summed E-state index contributed by atoms with van der Waals surface area (Å²) in [4.78, 5) is 4.43. The number of hydrogen-bond donors (Lipinski definition) is 1. The number of fused-ring (bicyclic) bond motifs is 1. The highest BCUT2D eigenvalue weighted by molar-refractivity contribution is 7.91. The van der Waals surface area contributed by atoms with Gasteiger partial charge in [-0.15, -0.1) is 0 Å². The first kappa shape index (κ1) is 24.5. The molecule has 0 saturated heterocycles. The summed E-state index contributed by atoms with van der Waals surface area (Å²) in [6.07, 6.45) is 0. The minimum Gasteiger partial charge on any atom is -0.497 e. The fourth-order valence-corrected chi connectivity index (χ4v) is 5.11. The van der Waals surface area contributed by atoms with Crippen molar-refractivity contribution in [3.05, 3.63) is 72.3 Å². The van der Waals surface area contributed by atoms with Gasteiger partial charge in [-0.3, -0.25) is 0 Å². The lowest BCUT2D eigenvalue weighted by Gasteiger charge is -2.18. The molecule has 0 radical (unpaired) electrons. The molecule has 37 heavy (non-hydrogen) atoms. The third kappa shape index (κ3) is 5.19. The SMILES string of the molecule is CCOc1ccc(-c2nc(S(=O)(=O)c3ccc4c(c3)OCCO4)c(NCc3ccc(OC)cc3)o2)cc1. The molecule has 0 fully saturated rings. The molecular formula is C27H26N2O7S. The van der Waals surface area contributed by atoms with E-state index in [0.717, 1.165) is 11.3 Å². The maximum Gasteiger partial charge on any atom is 0.234 e. The minimum absolute atomic E-state index is 0.0239. The Morgan fingerprint density at radius 2 is 1.62 bits per heavy atom. The number of aromatic nitrogens is 1. The molecule has 1 aliphatic heterocycles. The van der Waals surface area contributed by atoms with Gasteiger partial charge in [-0.1, -0.05) is 12.1 Å². The molecule has 0 bridgehead atoms. The molecule has 5 rings (SSSR count). The second kappa shape index (κ2) is 10.4. The zero-order valence-electron chi connectivity index (χ0n) is 20.4. The van der Waals surface area contributed by atoms with Gasteiger partial charge in [0.15, 0.2) is 11.5 Å². The van der Waals surface area contributed by atoms with Gasteiger partial charge in [0.25, 0.3) is 0 Å². The number of nitrogens with zero attached hydrogens (tertiary/aromatic N) is 1. The van der Waals surface area contributed by atoms with Crippen molar-refractivity contribution in [1.82, 2.24) is 4.98 Å². The number of methoxy groups -OCH3 is 1. The Morgan fingerprint density at radius 1 is 0.919 bits per heavy atom. The molecule has 192 valence electrons. The molecule has 0 amide bonds. The molecule has 10 heteroatoms. The van der Waals surface area contributed by atoms with Crippen LogP contribution in [0.1, 0.15) is 12.5 Å². The van der Waals surface area contributed by atoms with Crippen molar-refractivity contribution in [3.63, 3.8) is 0 Å². The van der Waals surface area contributed by atoms with E-state index in [2.05, 4.69) is 10.3 Å². The maximum atomic E-state index is 13.7. The molecule has 1 N–H and O–H groups in total. The highest BCUT2D eigenvalue weighted by atomic mass is 32.2. The fraction of sp³-hybridized carbons (Fsp3) is 0.222. The van der Waals surface area contributed by atoms with Gasteiger partial charge in [-0.05, 0) is 61.0 Å². The van der Waals surface area contributed by atoms with Crippen LogP contribution >= 0.6 is 0 Å². The van der Waals surface area contributed by atoms with Crippen molar-refractivity contribution < 1.29 is 31.8 Å². The second-order valence-corrected chi connectivity index (χ2v) is 9.99. The smallest absolute Gasteiger partial charge is 0.234 e. The van der Waals surface area contributed by atoms with Gasteiger partial charge >= 0.3 is 0 Å². The number of rotatable bonds is 9. The van der Waals surface area contributed by atoms with Crippen LogP contribution in [0.3, 0.4) is 0 Å². The summed E-state index contributed by atoms with van der Waals surface area (Å²) < 4.78 is 55.2. The summed E-state index contributed by atoms with van der Waals surface area (Å²) in [5.41, 5.74) is 1.52. The largest absolute Gasteiger partial charge is 0.497 e. The van der Waals surface area contributed by atoms with Crippen LogP contribution in [0.4, 0.5) is 5.88 Å². The van der Waals surface area contributed by atoms with E-state index in [-0.39, 0.29) is 21.7 Å². The third-order valence-electron chi connectivity index (χ3n) is 5.70. The van der Waals surface area contributed by atoms with Gasteiger partial charge in [-0.2, -0.15) is 4.98 Å². The number of oxazole rings is 1. The van der Waals surface area contributed by atoms with Crippen LogP contribution in [0, 0.1) is 0 Å². The monoisotopic (exact) mass is 522 g/mol. The topological polar surface area (TPSA) is 109 Å². The number of nitrogens with one attached hydrogen (secondary N) is 1. The van der Waals surface area contributed by atoms with E-state index in [0.29, 0.717) is 49.2 Å². The minimum atomic E-state index is -4.07. The molecule has 1 aromatic heterocycles. The number of ether oxygens (including phenoxy) is 4. The summed E-state index contributed by atoms with van der Waals surface area (Å²) in [6, 6.07) is 19.0. The van der Waals surface area contributed by atoms with Crippen LogP contribution in [0.15, 0.2) is 81.1 Å². The van der Waals surface area contributed by atoms with E-state index in [1.54, 1.807) is 37.4 Å². The Morgan fingerprint density at radius 3 is 2.32 bits per heavy atom. The normalized spacial score (nSPS) is 12.7. The van der Waals surface area contributed by atoms with Gasteiger partial charge < -0.3 is 28.7 Å². The molecule has 0 atom stereocenters. The zero-order chi connectivity index (χ0) is 25.8. The summed E-state index contributed by atoms with van der Waals surface area (Å²) in [6.45, 7) is 3.50. The molecule has 2 heterocycles. The quantitative estimate of drug-likeness (QED) is 0.326. The molecule has 4 aromatic rings. The Kier molecular flexibility index (Phi) is 6.91. The van der Waals surface area contributed by atoms with E-state index in [1.807, 2.05) is 31.2 Å². The van der Waals surface area contributed by atoms with Crippen molar-refractivity contribution >= 4 is 15.7 Å². The van der Waals surface area contributed by atoms with Crippen molar-refractivity contribution in [3.8, 4) is 34.5 Å². The first-order chi connectivity index (χ1) is 18.0. The predicted molar refractivity (Wildman–Crippen MR) is 136 cm³/mol. The highest BCUT2D eigenvalue weighted by Gasteiger charge is 2.30. The number of sulfone groups is 1. The van der Waals surface area contributed by atoms with Gasteiger partial charge in [0.05, 0.1) is 18.6 Å². The Balaban J connectivity index is 1.51. The molecular weight excluding hydrogens is 496 g/mol. The number of hydrogen-bond acceptors (Lipinski definition) is 9. The molecule has 0 unspecified atom stereocenters. The third-order valence-corrected chi connectivity index (χ3v) is 7.36. The van der Waals surface area contributed by atoms with E-state index in [9.17, 15) is 8.42 Å². The van der Waals surface area contributed by atoms with Crippen molar-refractivity contribution in [2.45, 2.75) is 23.4 Å². The lowest BCUT2D eigenvalue weighted by molar-refractivity contribution is 0.171. The molecule has 0 spiro atoms. The average Bonchev–Trinajstić information content (AvgIpc) is 3.38. The van der Waals surface area contributed by atoms with Crippen molar-refractivity contribution in [2.24, 2.45) is 0 Å². The molecule has 0 aliphatic carbocycles. The maximum absolute atomic E-state index is 13.7. The standard InChI is InChI=1S/C27H26N2O7S/c1-3-33-21-10-6-19(7-11-21)25-29-27(26(36-25)28-17-18-4-8-20(32-2)9-5-18)37(30,31)22-12-13-23-24(16-22)35-15-14-34-23/h4-13,16,28H,3,14-15,17H2,1-2H3. The van der Waals surface area contributed by atoms with E-state index >= 15 is 0 Å². The number of anilines is 1. The summed E-state index contributed by atoms with van der Waals surface area (Å²) in [5, 5.41) is 2.88. The molecule has 0 saturated carbocycles. The molecule has 9 nitrogen and oxygen atoms in total. The van der Waals surface area contributed by atoms with Gasteiger partial charge in [0.1, 0.15) is 24.7 Å². The van der Waals surface area contributed by atoms with Crippen LogP contribution in [0.2, 0.25) is 0 Å². The van der Waals surface area contributed by atoms with Gasteiger partial charge in [0.2, 0.25) is 26.6 Å². The van der Waals surface area contributed by atoms with Crippen LogP contribution in [-0.4, -0.2) is 40.3 Å². The Bertz CT molecular complexity index is 1480. The van der Waals surface area contributed by atoms with Crippen LogP contribution in [0.25, 0.3) is 11.5 Å². The molecule has 3 aromatic carbocycles. The highest BCUT2D eigenvalue weighted by Crippen LogP contribution is 2.37. The van der Waals surface area contributed by atoms with Crippen LogP contribution < -0.4 is 24.3 Å². The molecule has 1 aliphatic rings. The summed E-state index contributed by atoms with van der Waals surface area (Å²) in [7, 11) is -2.47. The average molecular weight is 523 g/mol. The van der Waals surface area contributed by atoms with E-state index in [4.69, 9.17) is 23.4 Å². The zero-order valence-corrected chi connectivity index (χ0v) is 21.2. The first-order valence-electron chi connectivity index (χ1n) is 11.7. The van der Waals surface area contributed by atoms with Crippen LogP contribution in [-0.2, 0) is 16.4 Å². The summed E-state index contributed by atoms with van der Waals surface area (Å²) >= 11 is 0. The van der Waals surface area contributed by atoms with E-state index < -0.39 is 9.84 Å². The second-order valence-electron chi connectivity index (χ2n) is 8.12. The van der Waals surface area contributed by atoms with Crippen molar-refractivity contribution in [2.75, 3.05) is 32.2 Å².